The maximum absolute atomic E-state index is 12.4. The van der Waals surface area contributed by atoms with Gasteiger partial charge in [0.15, 0.2) is 6.61 Å². The predicted octanol–water partition coefficient (Wildman–Crippen LogP) is 4.21. The second-order valence-corrected chi connectivity index (χ2v) is 6.83. The van der Waals surface area contributed by atoms with Gasteiger partial charge in [0.2, 0.25) is 0 Å². The first-order chi connectivity index (χ1) is 12.7. The zero-order valence-electron chi connectivity index (χ0n) is 14.3. The lowest BCUT2D eigenvalue weighted by atomic mass is 10.0. The predicted molar refractivity (Wildman–Crippen MR) is 102 cm³/mol. The first-order valence-corrected chi connectivity index (χ1v) is 9.06. The van der Waals surface area contributed by atoms with Crippen LogP contribution in [0.5, 0.6) is 5.75 Å². The third kappa shape index (κ3) is 4.50. The molecule has 0 fully saturated rings. The molecule has 2 aromatic carbocycles. The Morgan fingerprint density at radius 1 is 1.15 bits per heavy atom. The fourth-order valence-corrected chi connectivity index (χ4v) is 3.31. The number of hydrogen-bond acceptors (Lipinski definition) is 4. The number of aryl methyl sites for hydroxylation is 1. The molecule has 0 aliphatic rings. The number of ether oxygens (including phenoxy) is 1. The highest BCUT2D eigenvalue weighted by Crippen LogP contribution is 2.26. The smallest absolute Gasteiger partial charge is 0.258 e. The Balaban J connectivity index is 1.67. The number of thiophene rings is 1. The molecule has 1 atom stereocenters. The minimum absolute atomic E-state index is 0.0837. The second kappa shape index (κ2) is 8.32. The van der Waals surface area contributed by atoms with Crippen molar-refractivity contribution in [1.82, 2.24) is 5.32 Å². The number of rotatable bonds is 6. The third-order valence-electron chi connectivity index (χ3n) is 3.90. The Bertz CT molecular complexity index is 895. The SMILES string of the molecule is Cc1ccc([C@@H](NC(=O)COc2ccc(C#N)cc2)c2cccs2)cc1. The van der Waals surface area contributed by atoms with Crippen LogP contribution in [0.3, 0.4) is 0 Å². The summed E-state index contributed by atoms with van der Waals surface area (Å²) in [7, 11) is 0. The van der Waals surface area contributed by atoms with Crippen LogP contribution in [0, 0.1) is 18.3 Å². The standard InChI is InChI=1S/C21H18N2O2S/c1-15-4-8-17(9-5-15)21(19-3-2-12-26-19)23-20(24)14-25-18-10-6-16(13-22)7-11-18/h2-12,21H,14H2,1H3,(H,23,24)/t21-/m1/s1. The second-order valence-electron chi connectivity index (χ2n) is 5.85. The molecule has 0 saturated heterocycles. The van der Waals surface area contributed by atoms with Gasteiger partial charge in [0.25, 0.3) is 5.91 Å². The van der Waals surface area contributed by atoms with Crippen LogP contribution >= 0.6 is 11.3 Å². The molecule has 1 N–H and O–H groups in total. The van der Waals surface area contributed by atoms with Crippen LogP contribution in [-0.2, 0) is 4.79 Å². The highest BCUT2D eigenvalue weighted by molar-refractivity contribution is 7.10. The van der Waals surface area contributed by atoms with Crippen molar-refractivity contribution in [1.29, 1.82) is 5.26 Å². The number of nitrogens with zero attached hydrogens (tertiary/aromatic N) is 1. The number of carbonyl (C=O) groups is 1. The molecule has 0 saturated carbocycles. The molecule has 0 unspecified atom stereocenters. The van der Waals surface area contributed by atoms with Crippen LogP contribution < -0.4 is 10.1 Å². The van der Waals surface area contributed by atoms with Gasteiger partial charge < -0.3 is 10.1 Å². The van der Waals surface area contributed by atoms with Gasteiger partial charge in [-0.15, -0.1) is 11.3 Å². The molecule has 1 amide bonds. The number of carbonyl (C=O) groups excluding carboxylic acids is 1. The van der Waals surface area contributed by atoms with Crippen molar-refractivity contribution < 1.29 is 9.53 Å². The van der Waals surface area contributed by atoms with E-state index >= 15 is 0 Å². The van der Waals surface area contributed by atoms with Crippen molar-refractivity contribution in [3.8, 4) is 11.8 Å². The third-order valence-corrected chi connectivity index (χ3v) is 4.83. The molecule has 0 spiro atoms. The van der Waals surface area contributed by atoms with E-state index in [1.54, 1.807) is 35.6 Å². The molecule has 3 rings (SSSR count). The average molecular weight is 362 g/mol. The van der Waals surface area contributed by atoms with Crippen LogP contribution in [0.1, 0.15) is 27.6 Å². The summed E-state index contributed by atoms with van der Waals surface area (Å²) in [6, 6.07) is 20.7. The molecule has 1 heterocycles. The van der Waals surface area contributed by atoms with Crippen LogP contribution in [0.4, 0.5) is 0 Å². The molecule has 0 aliphatic heterocycles. The molecule has 0 radical (unpaired) electrons. The van der Waals surface area contributed by atoms with Gasteiger partial charge in [0.05, 0.1) is 17.7 Å². The summed E-state index contributed by atoms with van der Waals surface area (Å²) in [5.41, 5.74) is 2.76. The van der Waals surface area contributed by atoms with Gasteiger partial charge in [-0.25, -0.2) is 0 Å². The number of amides is 1. The van der Waals surface area contributed by atoms with Crippen LogP contribution in [-0.4, -0.2) is 12.5 Å². The van der Waals surface area contributed by atoms with Crippen molar-refractivity contribution in [2.75, 3.05) is 6.61 Å². The Morgan fingerprint density at radius 3 is 2.50 bits per heavy atom. The summed E-state index contributed by atoms with van der Waals surface area (Å²) in [5.74, 6) is 0.357. The number of hydrogen-bond donors (Lipinski definition) is 1. The van der Waals surface area contributed by atoms with Crippen LogP contribution in [0.15, 0.2) is 66.0 Å². The minimum atomic E-state index is -0.201. The number of nitrogens with one attached hydrogen (secondary N) is 1. The van der Waals surface area contributed by atoms with Gasteiger partial charge in [0.1, 0.15) is 5.75 Å². The summed E-state index contributed by atoms with van der Waals surface area (Å²) < 4.78 is 5.52. The molecule has 130 valence electrons. The van der Waals surface area contributed by atoms with Crippen molar-refractivity contribution in [2.24, 2.45) is 0 Å². The van der Waals surface area contributed by atoms with E-state index in [1.807, 2.05) is 54.8 Å². The Hall–Kier alpha value is -3.10. The van der Waals surface area contributed by atoms with E-state index in [0.29, 0.717) is 11.3 Å². The maximum atomic E-state index is 12.4. The van der Waals surface area contributed by atoms with Gasteiger partial charge >= 0.3 is 0 Å². The lowest BCUT2D eigenvalue weighted by Gasteiger charge is -2.18. The molecule has 1 aromatic heterocycles. The van der Waals surface area contributed by atoms with Crippen molar-refractivity contribution in [3.63, 3.8) is 0 Å². The topological polar surface area (TPSA) is 62.1 Å². The van der Waals surface area contributed by atoms with E-state index in [0.717, 1.165) is 10.4 Å². The zero-order chi connectivity index (χ0) is 18.4. The van der Waals surface area contributed by atoms with Crippen LogP contribution in [0.25, 0.3) is 0 Å². The summed E-state index contributed by atoms with van der Waals surface area (Å²) >= 11 is 1.60. The number of benzene rings is 2. The zero-order valence-corrected chi connectivity index (χ0v) is 15.1. The lowest BCUT2D eigenvalue weighted by Crippen LogP contribution is -2.32. The molecule has 0 bridgehead atoms. The van der Waals surface area contributed by atoms with Gasteiger partial charge in [-0.05, 0) is 48.2 Å². The fourth-order valence-electron chi connectivity index (χ4n) is 2.51. The van der Waals surface area contributed by atoms with E-state index in [2.05, 4.69) is 5.32 Å². The van der Waals surface area contributed by atoms with E-state index in [1.165, 1.54) is 5.56 Å². The van der Waals surface area contributed by atoms with E-state index in [-0.39, 0.29) is 18.6 Å². The van der Waals surface area contributed by atoms with Crippen molar-refractivity contribution >= 4 is 17.2 Å². The van der Waals surface area contributed by atoms with E-state index in [4.69, 9.17) is 10.00 Å². The quantitative estimate of drug-likeness (QED) is 0.714. The maximum Gasteiger partial charge on any atom is 0.258 e. The summed E-state index contributed by atoms with van der Waals surface area (Å²) in [6.07, 6.45) is 0. The Labute approximate surface area is 156 Å². The first-order valence-electron chi connectivity index (χ1n) is 8.18. The highest BCUT2D eigenvalue weighted by atomic mass is 32.1. The van der Waals surface area contributed by atoms with Gasteiger partial charge in [-0.2, -0.15) is 5.26 Å². The summed E-state index contributed by atoms with van der Waals surface area (Å²) in [4.78, 5) is 13.5. The summed E-state index contributed by atoms with van der Waals surface area (Å²) in [5, 5.41) is 13.8. The summed E-state index contributed by atoms with van der Waals surface area (Å²) in [6.45, 7) is 1.95. The largest absolute Gasteiger partial charge is 0.484 e. The van der Waals surface area contributed by atoms with E-state index < -0.39 is 0 Å². The Kier molecular flexibility index (Phi) is 5.67. The van der Waals surface area contributed by atoms with E-state index in [9.17, 15) is 4.79 Å². The van der Waals surface area contributed by atoms with Gasteiger partial charge in [-0.1, -0.05) is 35.9 Å². The minimum Gasteiger partial charge on any atom is -0.484 e. The molecule has 3 aromatic rings. The molecule has 5 heteroatoms. The lowest BCUT2D eigenvalue weighted by molar-refractivity contribution is -0.123. The molecular formula is C21H18N2O2S. The van der Waals surface area contributed by atoms with Gasteiger partial charge in [-0.3, -0.25) is 4.79 Å². The van der Waals surface area contributed by atoms with Crippen LogP contribution in [0.2, 0.25) is 0 Å². The molecule has 4 nitrogen and oxygen atoms in total. The fraction of sp³-hybridized carbons (Fsp3) is 0.143. The monoisotopic (exact) mass is 362 g/mol. The molecular weight excluding hydrogens is 344 g/mol. The highest BCUT2D eigenvalue weighted by Gasteiger charge is 2.18. The normalized spacial score (nSPS) is 11.4. The molecule has 0 aliphatic carbocycles. The van der Waals surface area contributed by atoms with Gasteiger partial charge in [0, 0.05) is 4.88 Å². The van der Waals surface area contributed by atoms with Crippen molar-refractivity contribution in [2.45, 2.75) is 13.0 Å². The Morgan fingerprint density at radius 2 is 1.88 bits per heavy atom. The first kappa shape index (κ1) is 17.7. The number of nitriles is 1. The average Bonchev–Trinajstić information content (AvgIpc) is 3.20. The molecule has 26 heavy (non-hydrogen) atoms. The van der Waals surface area contributed by atoms with Crippen molar-refractivity contribution in [3.05, 3.63) is 87.6 Å².